The Bertz CT molecular complexity index is 524. The van der Waals surface area contributed by atoms with Crippen LogP contribution in [0.25, 0.3) is 0 Å². The lowest BCUT2D eigenvalue weighted by atomic mass is 9.96. The van der Waals surface area contributed by atoms with E-state index in [0.29, 0.717) is 25.6 Å². The second kappa shape index (κ2) is 9.42. The molecule has 134 valence electrons. The molecular weight excluding hydrogens is 324 g/mol. The Hall–Kier alpha value is -1.08. The molecule has 1 amide bonds. The van der Waals surface area contributed by atoms with Crippen molar-refractivity contribution in [2.24, 2.45) is 11.8 Å². The van der Waals surface area contributed by atoms with E-state index in [-0.39, 0.29) is 18.4 Å². The van der Waals surface area contributed by atoms with Gasteiger partial charge in [0.15, 0.2) is 0 Å². The van der Waals surface area contributed by atoms with Gasteiger partial charge >= 0.3 is 0 Å². The van der Waals surface area contributed by atoms with Crippen LogP contribution in [0, 0.1) is 11.8 Å². The highest BCUT2D eigenvalue weighted by molar-refractivity contribution is 7.98. The van der Waals surface area contributed by atoms with Crippen molar-refractivity contribution < 1.29 is 14.6 Å². The van der Waals surface area contributed by atoms with Crippen molar-refractivity contribution in [2.45, 2.75) is 4.90 Å². The summed E-state index contributed by atoms with van der Waals surface area (Å²) in [5, 5.41) is 9.68. The largest absolute Gasteiger partial charge is 0.396 e. The molecule has 6 heteroatoms. The Balaban J connectivity index is 1.97. The quantitative estimate of drug-likeness (QED) is 0.721. The van der Waals surface area contributed by atoms with Crippen LogP contribution in [0.1, 0.15) is 10.4 Å². The SMILES string of the molecule is COCCN(C)C[C@@H]1CN(C(=O)c2ccc(SC)cc2)C[C@@H]1CO. The number of hydrogen-bond donors (Lipinski definition) is 1. The van der Waals surface area contributed by atoms with Crippen LogP contribution in [0.3, 0.4) is 0 Å². The van der Waals surface area contributed by atoms with E-state index >= 15 is 0 Å². The van der Waals surface area contributed by atoms with Crippen molar-refractivity contribution in [3.63, 3.8) is 0 Å². The summed E-state index contributed by atoms with van der Waals surface area (Å²) in [5.41, 5.74) is 0.720. The molecule has 1 aromatic rings. The van der Waals surface area contributed by atoms with Gasteiger partial charge < -0.3 is 19.6 Å². The summed E-state index contributed by atoms with van der Waals surface area (Å²) in [6.07, 6.45) is 2.02. The lowest BCUT2D eigenvalue weighted by Gasteiger charge is -2.23. The monoisotopic (exact) mass is 352 g/mol. The number of likely N-dealkylation sites (tertiary alicyclic amines) is 1. The van der Waals surface area contributed by atoms with E-state index in [1.807, 2.05) is 35.4 Å². The molecule has 0 aliphatic carbocycles. The summed E-state index contributed by atoms with van der Waals surface area (Å²) in [6.45, 7) is 3.86. The number of aliphatic hydroxyl groups is 1. The molecule has 5 nitrogen and oxygen atoms in total. The van der Waals surface area contributed by atoms with Gasteiger partial charge in [0, 0.05) is 56.3 Å². The molecule has 1 aliphatic heterocycles. The topological polar surface area (TPSA) is 53.0 Å². The summed E-state index contributed by atoms with van der Waals surface area (Å²) in [5.74, 6) is 0.499. The molecule has 24 heavy (non-hydrogen) atoms. The average molecular weight is 353 g/mol. The fourth-order valence-corrected chi connectivity index (χ4v) is 3.58. The van der Waals surface area contributed by atoms with Gasteiger partial charge in [0.1, 0.15) is 0 Å². The van der Waals surface area contributed by atoms with Crippen molar-refractivity contribution in [1.82, 2.24) is 9.80 Å². The first kappa shape index (κ1) is 19.2. The Kier molecular flexibility index (Phi) is 7.55. The van der Waals surface area contributed by atoms with E-state index in [4.69, 9.17) is 4.74 Å². The molecule has 0 saturated carbocycles. The zero-order valence-electron chi connectivity index (χ0n) is 14.8. The van der Waals surface area contributed by atoms with E-state index < -0.39 is 0 Å². The van der Waals surface area contributed by atoms with Crippen LogP contribution in [-0.2, 0) is 4.74 Å². The Morgan fingerprint density at radius 3 is 2.58 bits per heavy atom. The number of nitrogens with zero attached hydrogens (tertiary/aromatic N) is 2. The van der Waals surface area contributed by atoms with Gasteiger partial charge in [0.25, 0.3) is 5.91 Å². The fourth-order valence-electron chi connectivity index (χ4n) is 3.17. The number of aliphatic hydroxyl groups excluding tert-OH is 1. The number of rotatable bonds is 8. The number of hydrogen-bond acceptors (Lipinski definition) is 5. The van der Waals surface area contributed by atoms with Gasteiger partial charge in [-0.15, -0.1) is 11.8 Å². The molecule has 2 atom stereocenters. The molecule has 0 spiro atoms. The first-order valence-electron chi connectivity index (χ1n) is 8.30. The van der Waals surface area contributed by atoms with Crippen LogP contribution < -0.4 is 0 Å². The Labute approximate surface area is 149 Å². The third-order valence-electron chi connectivity index (χ3n) is 4.66. The zero-order chi connectivity index (χ0) is 17.5. The zero-order valence-corrected chi connectivity index (χ0v) is 15.6. The molecule has 0 aromatic heterocycles. The van der Waals surface area contributed by atoms with Crippen LogP contribution >= 0.6 is 11.8 Å². The number of thioether (sulfide) groups is 1. The van der Waals surface area contributed by atoms with Crippen LogP contribution in [0.2, 0.25) is 0 Å². The van der Waals surface area contributed by atoms with Gasteiger partial charge in [0.2, 0.25) is 0 Å². The average Bonchev–Trinajstić information content (AvgIpc) is 3.02. The molecule has 1 fully saturated rings. The van der Waals surface area contributed by atoms with Crippen molar-refractivity contribution in [2.75, 3.05) is 59.8 Å². The molecule has 0 radical (unpaired) electrons. The van der Waals surface area contributed by atoms with Crippen molar-refractivity contribution in [1.29, 1.82) is 0 Å². The number of benzene rings is 1. The van der Waals surface area contributed by atoms with E-state index in [2.05, 4.69) is 11.9 Å². The van der Waals surface area contributed by atoms with E-state index in [9.17, 15) is 9.90 Å². The third kappa shape index (κ3) is 4.96. The number of carbonyl (C=O) groups excluding carboxylic acids is 1. The summed E-state index contributed by atoms with van der Waals surface area (Å²) in [4.78, 5) is 18.0. The van der Waals surface area contributed by atoms with E-state index in [1.165, 1.54) is 0 Å². The highest BCUT2D eigenvalue weighted by Gasteiger charge is 2.35. The maximum Gasteiger partial charge on any atom is 0.253 e. The smallest absolute Gasteiger partial charge is 0.253 e. The molecule has 0 bridgehead atoms. The highest BCUT2D eigenvalue weighted by atomic mass is 32.2. The van der Waals surface area contributed by atoms with Crippen LogP contribution in [0.5, 0.6) is 0 Å². The van der Waals surface area contributed by atoms with Gasteiger partial charge in [0.05, 0.1) is 6.61 Å². The summed E-state index contributed by atoms with van der Waals surface area (Å²) >= 11 is 1.67. The molecule has 1 heterocycles. The van der Waals surface area contributed by atoms with E-state index in [1.54, 1.807) is 18.9 Å². The third-order valence-corrected chi connectivity index (χ3v) is 5.40. The molecule has 1 N–H and O–H groups in total. The molecule has 1 saturated heterocycles. The van der Waals surface area contributed by atoms with Gasteiger partial charge in [-0.3, -0.25) is 4.79 Å². The minimum absolute atomic E-state index is 0.0585. The lowest BCUT2D eigenvalue weighted by molar-refractivity contribution is 0.0778. The fraction of sp³-hybridized carbons (Fsp3) is 0.611. The lowest BCUT2D eigenvalue weighted by Crippen LogP contribution is -2.33. The molecule has 1 aliphatic rings. The standard InChI is InChI=1S/C18H28N2O3S/c1-19(8-9-23-2)10-15-11-20(12-16(15)13-21)18(22)14-4-6-17(24-3)7-5-14/h4-7,15-16,21H,8-13H2,1-3H3/t15-,16-/m1/s1. The van der Waals surface area contributed by atoms with E-state index in [0.717, 1.165) is 23.5 Å². The van der Waals surface area contributed by atoms with Crippen LogP contribution in [-0.4, -0.2) is 80.6 Å². The highest BCUT2D eigenvalue weighted by Crippen LogP contribution is 2.26. The maximum absolute atomic E-state index is 12.7. The summed E-state index contributed by atoms with van der Waals surface area (Å²) in [6, 6.07) is 7.74. The first-order valence-corrected chi connectivity index (χ1v) is 9.53. The van der Waals surface area contributed by atoms with Crippen molar-refractivity contribution >= 4 is 17.7 Å². The van der Waals surface area contributed by atoms with Gasteiger partial charge in [-0.1, -0.05) is 0 Å². The molecular formula is C18H28N2O3S. The van der Waals surface area contributed by atoms with Crippen molar-refractivity contribution in [3.8, 4) is 0 Å². The normalized spacial score (nSPS) is 20.8. The molecule has 1 aromatic carbocycles. The summed E-state index contributed by atoms with van der Waals surface area (Å²) in [7, 11) is 3.75. The van der Waals surface area contributed by atoms with Crippen molar-refractivity contribution in [3.05, 3.63) is 29.8 Å². The number of methoxy groups -OCH3 is 1. The van der Waals surface area contributed by atoms with Gasteiger partial charge in [-0.25, -0.2) is 0 Å². The second-order valence-corrected chi connectivity index (χ2v) is 7.28. The minimum atomic E-state index is 0.0585. The van der Waals surface area contributed by atoms with Gasteiger partial charge in [-0.05, 0) is 43.5 Å². The summed E-state index contributed by atoms with van der Waals surface area (Å²) < 4.78 is 5.11. The van der Waals surface area contributed by atoms with Crippen LogP contribution in [0.15, 0.2) is 29.2 Å². The predicted molar refractivity (Wildman–Crippen MR) is 97.6 cm³/mol. The molecule has 0 unspecified atom stereocenters. The molecule has 2 rings (SSSR count). The predicted octanol–water partition coefficient (Wildman–Crippen LogP) is 1.67. The second-order valence-electron chi connectivity index (χ2n) is 6.40. The van der Waals surface area contributed by atoms with Gasteiger partial charge in [-0.2, -0.15) is 0 Å². The Morgan fingerprint density at radius 2 is 2.00 bits per heavy atom. The number of ether oxygens (including phenoxy) is 1. The number of amides is 1. The Morgan fingerprint density at radius 1 is 1.33 bits per heavy atom. The maximum atomic E-state index is 12.7. The van der Waals surface area contributed by atoms with Crippen LogP contribution in [0.4, 0.5) is 0 Å². The minimum Gasteiger partial charge on any atom is -0.396 e. The first-order chi connectivity index (χ1) is 11.6. The number of carbonyl (C=O) groups is 1. The number of likely N-dealkylation sites (N-methyl/N-ethyl adjacent to an activating group) is 1.